The van der Waals surface area contributed by atoms with Crippen molar-refractivity contribution in [2.24, 2.45) is 0 Å². The average molecular weight is 546 g/mol. The molecule has 4 aromatic rings. The fourth-order valence-electron chi connectivity index (χ4n) is 4.47. The van der Waals surface area contributed by atoms with Gasteiger partial charge in [-0.2, -0.15) is 13.2 Å². The molecule has 0 aliphatic carbocycles. The first-order valence-corrected chi connectivity index (χ1v) is 12.9. The van der Waals surface area contributed by atoms with Crippen LogP contribution in [0.2, 0.25) is 0 Å². The van der Waals surface area contributed by atoms with Crippen LogP contribution in [0, 0.1) is 17.5 Å². The standard InChI is InChI=1S/C31H29F6NO/c1-2-3-4-21-7-13-25(38-18-21)12-6-20-8-14-26-24(15-20)11-10-23(29(26)34)9-5-22-16-27(32)30(28(33)17-22)39-19-31(35,36)37/h7-8,10-11,13-18H,2-6,9,12,19H2,1H3. The van der Waals surface area contributed by atoms with Gasteiger partial charge in [-0.15, -0.1) is 0 Å². The Morgan fingerprint density at radius 1 is 0.744 bits per heavy atom. The highest BCUT2D eigenvalue weighted by molar-refractivity contribution is 5.84. The largest absolute Gasteiger partial charge is 0.478 e. The summed E-state index contributed by atoms with van der Waals surface area (Å²) in [7, 11) is 0. The van der Waals surface area contributed by atoms with Crippen molar-refractivity contribution >= 4 is 10.8 Å². The van der Waals surface area contributed by atoms with Gasteiger partial charge in [-0.3, -0.25) is 4.98 Å². The van der Waals surface area contributed by atoms with E-state index in [4.69, 9.17) is 0 Å². The van der Waals surface area contributed by atoms with Crippen LogP contribution in [0.25, 0.3) is 10.8 Å². The van der Waals surface area contributed by atoms with Crippen LogP contribution in [0.1, 0.15) is 47.7 Å². The monoisotopic (exact) mass is 545 g/mol. The Morgan fingerprint density at radius 3 is 2.13 bits per heavy atom. The van der Waals surface area contributed by atoms with Crippen LogP contribution >= 0.6 is 0 Å². The minimum atomic E-state index is -4.72. The molecule has 0 bridgehead atoms. The van der Waals surface area contributed by atoms with E-state index in [0.717, 1.165) is 60.9 Å². The molecule has 8 heteroatoms. The van der Waals surface area contributed by atoms with E-state index < -0.39 is 36.0 Å². The first kappa shape index (κ1) is 28.5. The third-order valence-corrected chi connectivity index (χ3v) is 6.59. The third kappa shape index (κ3) is 7.74. The Morgan fingerprint density at radius 2 is 1.46 bits per heavy atom. The molecule has 1 heterocycles. The molecule has 0 aliphatic rings. The molecule has 0 unspecified atom stereocenters. The van der Waals surface area contributed by atoms with Gasteiger partial charge in [0.25, 0.3) is 0 Å². The van der Waals surface area contributed by atoms with Crippen LogP contribution in [0.4, 0.5) is 26.3 Å². The van der Waals surface area contributed by atoms with Gasteiger partial charge in [0, 0.05) is 17.3 Å². The summed E-state index contributed by atoms with van der Waals surface area (Å²) in [6, 6.07) is 15.0. The Labute approximate surface area is 223 Å². The number of aryl methyl sites for hydroxylation is 5. The van der Waals surface area contributed by atoms with Crippen LogP contribution in [-0.4, -0.2) is 17.8 Å². The second-order valence-electron chi connectivity index (χ2n) is 9.65. The Kier molecular flexibility index (Phi) is 9.15. The Balaban J connectivity index is 1.39. The summed E-state index contributed by atoms with van der Waals surface area (Å²) < 4.78 is 84.7. The molecule has 39 heavy (non-hydrogen) atoms. The number of hydrogen-bond donors (Lipinski definition) is 0. The first-order valence-electron chi connectivity index (χ1n) is 12.9. The van der Waals surface area contributed by atoms with Crippen molar-refractivity contribution in [3.63, 3.8) is 0 Å². The minimum Gasteiger partial charge on any atom is -0.478 e. The molecular weight excluding hydrogens is 516 g/mol. The van der Waals surface area contributed by atoms with Crippen molar-refractivity contribution in [3.8, 4) is 5.75 Å². The molecule has 0 amide bonds. The van der Waals surface area contributed by atoms with Crippen LogP contribution in [0.15, 0.2) is 60.8 Å². The number of fused-ring (bicyclic) bond motifs is 1. The summed E-state index contributed by atoms with van der Waals surface area (Å²) in [5.74, 6) is -3.95. The maximum atomic E-state index is 15.2. The van der Waals surface area contributed by atoms with Crippen molar-refractivity contribution in [2.45, 2.75) is 58.0 Å². The average Bonchev–Trinajstić information content (AvgIpc) is 2.90. The van der Waals surface area contributed by atoms with E-state index in [0.29, 0.717) is 10.9 Å². The molecule has 0 N–H and O–H groups in total. The van der Waals surface area contributed by atoms with Gasteiger partial charge in [-0.25, -0.2) is 13.2 Å². The molecule has 0 radical (unpaired) electrons. The van der Waals surface area contributed by atoms with Crippen molar-refractivity contribution in [1.29, 1.82) is 0 Å². The smallest absolute Gasteiger partial charge is 0.422 e. The molecule has 0 saturated heterocycles. The zero-order chi connectivity index (χ0) is 28.0. The molecule has 4 rings (SSSR count). The van der Waals surface area contributed by atoms with E-state index >= 15 is 4.39 Å². The fraction of sp³-hybridized carbons (Fsp3) is 0.323. The van der Waals surface area contributed by atoms with Gasteiger partial charge in [0.2, 0.25) is 0 Å². The summed E-state index contributed by atoms with van der Waals surface area (Å²) in [5.41, 5.74) is 3.86. The predicted molar refractivity (Wildman–Crippen MR) is 139 cm³/mol. The summed E-state index contributed by atoms with van der Waals surface area (Å²) >= 11 is 0. The number of rotatable bonds is 11. The molecular formula is C31H29F6NO. The summed E-state index contributed by atoms with van der Waals surface area (Å²) in [6.45, 7) is 0.363. The lowest BCUT2D eigenvalue weighted by Crippen LogP contribution is -2.20. The number of aromatic nitrogens is 1. The lowest BCUT2D eigenvalue weighted by molar-refractivity contribution is -0.154. The second kappa shape index (κ2) is 12.5. The maximum Gasteiger partial charge on any atom is 0.422 e. The number of pyridine rings is 1. The fourth-order valence-corrected chi connectivity index (χ4v) is 4.47. The molecule has 0 fully saturated rings. The summed E-state index contributed by atoms with van der Waals surface area (Å²) in [5, 5.41) is 1.20. The Hall–Kier alpha value is -3.55. The van der Waals surface area contributed by atoms with Gasteiger partial charge in [-0.05, 0) is 84.4 Å². The molecule has 0 aliphatic heterocycles. The molecule has 2 nitrogen and oxygen atoms in total. The van der Waals surface area contributed by atoms with E-state index in [1.54, 1.807) is 12.1 Å². The Bertz CT molecular complexity index is 1390. The van der Waals surface area contributed by atoms with E-state index in [2.05, 4.69) is 28.8 Å². The van der Waals surface area contributed by atoms with Gasteiger partial charge < -0.3 is 4.74 Å². The lowest BCUT2D eigenvalue weighted by Gasteiger charge is -2.12. The van der Waals surface area contributed by atoms with Crippen LogP contribution in [-0.2, 0) is 32.1 Å². The van der Waals surface area contributed by atoms with E-state index in [1.807, 2.05) is 24.4 Å². The highest BCUT2D eigenvalue weighted by Crippen LogP contribution is 2.28. The van der Waals surface area contributed by atoms with Crippen molar-refractivity contribution in [3.05, 3.63) is 106 Å². The number of ether oxygens (including phenoxy) is 1. The third-order valence-electron chi connectivity index (χ3n) is 6.59. The van der Waals surface area contributed by atoms with Gasteiger partial charge in [0.1, 0.15) is 5.82 Å². The lowest BCUT2D eigenvalue weighted by atomic mass is 9.97. The maximum absolute atomic E-state index is 15.2. The van der Waals surface area contributed by atoms with Crippen molar-refractivity contribution in [2.75, 3.05) is 6.61 Å². The summed E-state index contributed by atoms with van der Waals surface area (Å²) in [6.07, 6.45) is 2.32. The normalized spacial score (nSPS) is 11.8. The minimum absolute atomic E-state index is 0.0954. The van der Waals surface area contributed by atoms with Gasteiger partial charge in [-0.1, -0.05) is 49.7 Å². The van der Waals surface area contributed by atoms with Crippen LogP contribution < -0.4 is 4.74 Å². The first-order chi connectivity index (χ1) is 18.6. The molecule has 206 valence electrons. The van der Waals surface area contributed by atoms with Gasteiger partial charge in [0.05, 0.1) is 0 Å². The zero-order valence-electron chi connectivity index (χ0n) is 21.6. The molecule has 0 atom stereocenters. The summed E-state index contributed by atoms with van der Waals surface area (Å²) in [4.78, 5) is 4.56. The van der Waals surface area contributed by atoms with Gasteiger partial charge >= 0.3 is 6.18 Å². The second-order valence-corrected chi connectivity index (χ2v) is 9.65. The van der Waals surface area contributed by atoms with E-state index in [1.165, 1.54) is 5.56 Å². The van der Waals surface area contributed by atoms with Crippen molar-refractivity contribution in [1.82, 2.24) is 4.98 Å². The zero-order valence-corrected chi connectivity index (χ0v) is 21.6. The van der Waals surface area contributed by atoms with E-state index in [-0.39, 0.29) is 18.4 Å². The topological polar surface area (TPSA) is 22.1 Å². The highest BCUT2D eigenvalue weighted by Gasteiger charge is 2.30. The molecule has 3 aromatic carbocycles. The number of nitrogens with zero attached hydrogens (tertiary/aromatic N) is 1. The molecule has 1 aromatic heterocycles. The van der Waals surface area contributed by atoms with Gasteiger partial charge in [0.15, 0.2) is 24.0 Å². The predicted octanol–water partition coefficient (Wildman–Crippen LogP) is 8.51. The van der Waals surface area contributed by atoms with Crippen LogP contribution in [0.3, 0.4) is 0 Å². The molecule has 0 saturated carbocycles. The van der Waals surface area contributed by atoms with Crippen molar-refractivity contribution < 1.29 is 31.1 Å². The highest BCUT2D eigenvalue weighted by atomic mass is 19.4. The number of benzene rings is 3. The van der Waals surface area contributed by atoms with Crippen LogP contribution in [0.5, 0.6) is 5.75 Å². The number of hydrogen-bond acceptors (Lipinski definition) is 2. The van der Waals surface area contributed by atoms with E-state index in [9.17, 15) is 22.0 Å². The number of halogens is 6. The number of unbranched alkanes of at least 4 members (excludes halogenated alkanes) is 1. The molecule has 0 spiro atoms. The quantitative estimate of drug-likeness (QED) is 0.176. The SMILES string of the molecule is CCCCc1ccc(CCc2ccc3c(F)c(CCc4cc(F)c(OCC(F)(F)F)c(F)c4)ccc3c2)nc1. The number of alkyl halides is 3.